The highest BCUT2D eigenvalue weighted by Gasteiger charge is 2.17. The zero-order valence-corrected chi connectivity index (χ0v) is 16.2. The third-order valence-electron chi connectivity index (χ3n) is 4.08. The van der Waals surface area contributed by atoms with E-state index in [-0.39, 0.29) is 17.2 Å². The molecule has 0 unspecified atom stereocenters. The third kappa shape index (κ3) is 4.85. The Balaban J connectivity index is 2.15. The van der Waals surface area contributed by atoms with Crippen LogP contribution in [0.15, 0.2) is 47.4 Å². The highest BCUT2D eigenvalue weighted by Crippen LogP contribution is 2.28. The summed E-state index contributed by atoms with van der Waals surface area (Å²) in [6.45, 7) is 5.08. The van der Waals surface area contributed by atoms with Gasteiger partial charge in [0.2, 0.25) is 0 Å². The van der Waals surface area contributed by atoms with Crippen molar-refractivity contribution in [2.24, 2.45) is 0 Å². The number of benzene rings is 2. The Kier molecular flexibility index (Phi) is 6.95. The number of rotatable bonds is 7. The minimum absolute atomic E-state index is 0.0684. The molecule has 27 heavy (non-hydrogen) atoms. The van der Waals surface area contributed by atoms with Crippen molar-refractivity contribution in [3.8, 4) is 0 Å². The summed E-state index contributed by atoms with van der Waals surface area (Å²) >= 11 is 1.25. The number of hydrogen-bond donors (Lipinski definition) is 1. The lowest BCUT2D eigenvalue weighted by Crippen LogP contribution is -2.30. The van der Waals surface area contributed by atoms with Gasteiger partial charge < -0.3 is 10.2 Å². The fourth-order valence-electron chi connectivity index (χ4n) is 2.57. The molecule has 0 aromatic heterocycles. The van der Waals surface area contributed by atoms with Gasteiger partial charge in [-0.05, 0) is 56.5 Å². The van der Waals surface area contributed by atoms with Crippen LogP contribution >= 0.6 is 11.8 Å². The fourth-order valence-corrected chi connectivity index (χ4v) is 3.11. The largest absolute Gasteiger partial charge is 0.339 e. The van der Waals surface area contributed by atoms with E-state index in [0.717, 1.165) is 0 Å². The number of nitro groups is 1. The van der Waals surface area contributed by atoms with Gasteiger partial charge in [0.15, 0.2) is 0 Å². The zero-order chi connectivity index (χ0) is 20.0. The number of nitro benzene ring substituents is 1. The van der Waals surface area contributed by atoms with E-state index in [1.54, 1.807) is 47.6 Å². The third-order valence-corrected chi connectivity index (χ3v) is 4.86. The summed E-state index contributed by atoms with van der Waals surface area (Å²) in [6, 6.07) is 10.9. The summed E-state index contributed by atoms with van der Waals surface area (Å²) in [5.74, 6) is -0.519. The molecular formula is C19H21N3O4S. The number of nitrogens with one attached hydrogen (secondary N) is 1. The van der Waals surface area contributed by atoms with E-state index in [0.29, 0.717) is 29.2 Å². The molecule has 8 heteroatoms. The lowest BCUT2D eigenvalue weighted by Gasteiger charge is -2.18. The van der Waals surface area contributed by atoms with Crippen LogP contribution in [0.5, 0.6) is 0 Å². The van der Waals surface area contributed by atoms with Gasteiger partial charge in [-0.25, -0.2) is 0 Å². The highest BCUT2D eigenvalue weighted by molar-refractivity contribution is 7.98. The number of amides is 2. The van der Waals surface area contributed by atoms with Crippen LogP contribution in [0.1, 0.15) is 34.6 Å². The number of anilines is 1. The quantitative estimate of drug-likeness (QED) is 0.439. The predicted molar refractivity (Wildman–Crippen MR) is 107 cm³/mol. The van der Waals surface area contributed by atoms with Crippen molar-refractivity contribution in [1.29, 1.82) is 0 Å². The Morgan fingerprint density at radius 1 is 1.07 bits per heavy atom. The van der Waals surface area contributed by atoms with Crippen LogP contribution in [-0.4, -0.2) is 41.0 Å². The van der Waals surface area contributed by atoms with Crippen LogP contribution in [0.4, 0.5) is 11.4 Å². The van der Waals surface area contributed by atoms with Gasteiger partial charge in [0, 0.05) is 36.0 Å². The highest BCUT2D eigenvalue weighted by atomic mass is 32.2. The molecule has 0 atom stereocenters. The molecule has 0 spiro atoms. The molecular weight excluding hydrogens is 366 g/mol. The van der Waals surface area contributed by atoms with Crippen LogP contribution in [-0.2, 0) is 0 Å². The molecule has 2 rings (SSSR count). The minimum atomic E-state index is -0.504. The van der Waals surface area contributed by atoms with Gasteiger partial charge in [0.05, 0.1) is 9.82 Å². The first-order valence-electron chi connectivity index (χ1n) is 8.44. The van der Waals surface area contributed by atoms with Gasteiger partial charge in [-0.15, -0.1) is 11.8 Å². The molecule has 0 saturated carbocycles. The zero-order valence-electron chi connectivity index (χ0n) is 15.4. The molecule has 2 amide bonds. The van der Waals surface area contributed by atoms with Crippen molar-refractivity contribution in [2.45, 2.75) is 18.7 Å². The number of carbonyl (C=O) groups is 2. The molecule has 0 saturated heterocycles. The summed E-state index contributed by atoms with van der Waals surface area (Å²) in [5.41, 5.74) is 1.14. The second kappa shape index (κ2) is 9.18. The van der Waals surface area contributed by atoms with E-state index in [1.807, 2.05) is 13.8 Å². The molecule has 7 nitrogen and oxygen atoms in total. The summed E-state index contributed by atoms with van der Waals surface area (Å²) in [7, 11) is 0. The Morgan fingerprint density at radius 2 is 1.67 bits per heavy atom. The van der Waals surface area contributed by atoms with E-state index >= 15 is 0 Å². The number of hydrogen-bond acceptors (Lipinski definition) is 5. The first-order valence-corrected chi connectivity index (χ1v) is 9.66. The van der Waals surface area contributed by atoms with Gasteiger partial charge in [-0.3, -0.25) is 19.7 Å². The molecule has 0 heterocycles. The Bertz CT molecular complexity index is 849. The number of thioether (sulfide) groups is 1. The van der Waals surface area contributed by atoms with Crippen molar-refractivity contribution in [3.05, 3.63) is 63.7 Å². The van der Waals surface area contributed by atoms with E-state index in [4.69, 9.17) is 0 Å². The van der Waals surface area contributed by atoms with Gasteiger partial charge >= 0.3 is 0 Å². The van der Waals surface area contributed by atoms with E-state index < -0.39 is 10.8 Å². The van der Waals surface area contributed by atoms with Crippen LogP contribution in [0, 0.1) is 10.1 Å². The molecule has 142 valence electrons. The first kappa shape index (κ1) is 20.4. The van der Waals surface area contributed by atoms with Crippen LogP contribution in [0.25, 0.3) is 0 Å². The average Bonchev–Trinajstić information content (AvgIpc) is 2.68. The van der Waals surface area contributed by atoms with Gasteiger partial charge in [-0.2, -0.15) is 0 Å². The fraction of sp³-hybridized carbons (Fsp3) is 0.263. The molecule has 0 radical (unpaired) electrons. The molecule has 2 aromatic carbocycles. The molecule has 0 bridgehead atoms. The Hall–Kier alpha value is -2.87. The van der Waals surface area contributed by atoms with Crippen LogP contribution in [0.2, 0.25) is 0 Å². The van der Waals surface area contributed by atoms with Crippen molar-refractivity contribution >= 4 is 35.0 Å². The maximum absolute atomic E-state index is 12.4. The van der Waals surface area contributed by atoms with Gasteiger partial charge in [0.25, 0.3) is 17.5 Å². The molecule has 0 aliphatic carbocycles. The van der Waals surface area contributed by atoms with Crippen molar-refractivity contribution in [1.82, 2.24) is 4.90 Å². The average molecular weight is 387 g/mol. The molecule has 0 aliphatic rings. The Labute approximate surface area is 161 Å². The second-order valence-corrected chi connectivity index (χ2v) is 6.50. The summed E-state index contributed by atoms with van der Waals surface area (Å²) in [6.07, 6.45) is 1.74. The summed E-state index contributed by atoms with van der Waals surface area (Å²) in [4.78, 5) is 37.5. The lowest BCUT2D eigenvalue weighted by atomic mass is 10.1. The Morgan fingerprint density at radius 3 is 2.19 bits per heavy atom. The lowest BCUT2D eigenvalue weighted by molar-refractivity contribution is -0.387. The normalized spacial score (nSPS) is 10.3. The molecule has 0 aliphatic heterocycles. The summed E-state index contributed by atoms with van der Waals surface area (Å²) in [5, 5.41) is 13.8. The van der Waals surface area contributed by atoms with E-state index in [9.17, 15) is 19.7 Å². The maximum Gasteiger partial charge on any atom is 0.283 e. The minimum Gasteiger partial charge on any atom is -0.339 e. The van der Waals surface area contributed by atoms with E-state index in [1.165, 1.54) is 17.8 Å². The van der Waals surface area contributed by atoms with E-state index in [2.05, 4.69) is 5.32 Å². The van der Waals surface area contributed by atoms with Crippen molar-refractivity contribution in [2.75, 3.05) is 24.7 Å². The number of carbonyl (C=O) groups excluding carboxylic acids is 2. The first-order chi connectivity index (χ1) is 12.9. The predicted octanol–water partition coefficient (Wildman–Crippen LogP) is 4.05. The van der Waals surface area contributed by atoms with Gasteiger partial charge in [-0.1, -0.05) is 0 Å². The van der Waals surface area contributed by atoms with Crippen molar-refractivity contribution in [3.63, 3.8) is 0 Å². The van der Waals surface area contributed by atoms with Crippen LogP contribution in [0.3, 0.4) is 0 Å². The second-order valence-electron chi connectivity index (χ2n) is 5.65. The number of nitrogens with zero attached hydrogens (tertiary/aromatic N) is 2. The van der Waals surface area contributed by atoms with Crippen LogP contribution < -0.4 is 5.32 Å². The maximum atomic E-state index is 12.4. The standard InChI is InChI=1S/C19H21N3O4S/c1-4-21(5-2)19(24)13-6-9-15(10-7-13)20-18(23)14-8-11-17(27-3)16(12-14)22(25)26/h6-12H,4-5H2,1-3H3,(H,20,23). The van der Waals surface area contributed by atoms with Crippen molar-refractivity contribution < 1.29 is 14.5 Å². The smallest absolute Gasteiger partial charge is 0.283 e. The molecule has 0 fully saturated rings. The van der Waals surface area contributed by atoms with Gasteiger partial charge in [0.1, 0.15) is 0 Å². The topological polar surface area (TPSA) is 92.6 Å². The molecule has 2 aromatic rings. The molecule has 1 N–H and O–H groups in total. The summed E-state index contributed by atoms with van der Waals surface area (Å²) < 4.78 is 0. The SMILES string of the molecule is CCN(CC)C(=O)c1ccc(NC(=O)c2ccc(SC)c([N+](=O)[O-])c2)cc1. The monoisotopic (exact) mass is 387 g/mol.